The fourth-order valence-corrected chi connectivity index (χ4v) is 1.99. The Hall–Kier alpha value is -2.30. The second kappa shape index (κ2) is 10.5. The number of aliphatic hydroxyl groups excluding tert-OH is 2. The number of ketones is 2. The van der Waals surface area contributed by atoms with Crippen molar-refractivity contribution in [1.82, 2.24) is 0 Å². The van der Waals surface area contributed by atoms with Crippen LogP contribution in [-0.2, 0) is 0 Å². The van der Waals surface area contributed by atoms with Gasteiger partial charge in [0.15, 0.2) is 11.6 Å². The van der Waals surface area contributed by atoms with Gasteiger partial charge in [0.1, 0.15) is 6.10 Å². The van der Waals surface area contributed by atoms with Crippen molar-refractivity contribution < 1.29 is 19.8 Å². The van der Waals surface area contributed by atoms with Crippen LogP contribution < -0.4 is 0 Å². The molecule has 0 aliphatic heterocycles. The predicted octanol–water partition coefficient (Wildman–Crippen LogP) is 3.28. The summed E-state index contributed by atoms with van der Waals surface area (Å²) in [5.74, 6) is -0.205. The summed E-state index contributed by atoms with van der Waals surface area (Å²) in [6, 6.07) is 17.8. The SMILES string of the molecule is CC(O)CC(=O)c1ccccc1.CCC(O)C(=O)c1ccccc1. The predicted molar refractivity (Wildman–Crippen MR) is 94.1 cm³/mol. The lowest BCUT2D eigenvalue weighted by molar-refractivity contribution is 0.0740. The minimum atomic E-state index is -0.854. The van der Waals surface area contributed by atoms with E-state index in [1.807, 2.05) is 24.3 Å². The smallest absolute Gasteiger partial charge is 0.191 e. The molecule has 0 amide bonds. The third kappa shape index (κ3) is 6.86. The average molecular weight is 328 g/mol. The molecule has 0 radical (unpaired) electrons. The largest absolute Gasteiger partial charge is 0.393 e. The van der Waals surface area contributed by atoms with Gasteiger partial charge in [0, 0.05) is 17.5 Å². The van der Waals surface area contributed by atoms with E-state index < -0.39 is 12.2 Å². The number of benzene rings is 2. The second-order valence-electron chi connectivity index (χ2n) is 5.50. The Bertz CT molecular complexity index is 621. The van der Waals surface area contributed by atoms with Gasteiger partial charge in [-0.2, -0.15) is 0 Å². The molecule has 0 aromatic heterocycles. The highest BCUT2D eigenvalue weighted by Crippen LogP contribution is 2.05. The maximum atomic E-state index is 11.3. The van der Waals surface area contributed by atoms with Gasteiger partial charge in [-0.3, -0.25) is 9.59 Å². The molecule has 0 bridgehead atoms. The van der Waals surface area contributed by atoms with Crippen LogP contribution in [0.4, 0.5) is 0 Å². The molecule has 2 atom stereocenters. The Labute approximate surface area is 142 Å². The Morgan fingerprint density at radius 1 is 0.875 bits per heavy atom. The van der Waals surface area contributed by atoms with Crippen LogP contribution in [0.1, 0.15) is 47.4 Å². The van der Waals surface area contributed by atoms with Crippen LogP contribution in [0.5, 0.6) is 0 Å². The second-order valence-corrected chi connectivity index (χ2v) is 5.50. The molecule has 2 unspecified atom stereocenters. The standard InChI is InChI=1S/2C10H12O2/c1-8(11)7-10(12)9-5-3-2-4-6-9;1-2-9(11)10(12)8-6-4-3-5-7-8/h2-6,8,11H,7H2,1H3;3-7,9,11H,2H2,1H3. The number of rotatable bonds is 6. The van der Waals surface area contributed by atoms with Crippen LogP contribution in [0, 0.1) is 0 Å². The molecule has 2 aromatic carbocycles. The van der Waals surface area contributed by atoms with Gasteiger partial charge in [-0.05, 0) is 13.3 Å². The molecule has 2 N–H and O–H groups in total. The van der Waals surface area contributed by atoms with E-state index in [1.165, 1.54) is 0 Å². The minimum Gasteiger partial charge on any atom is -0.393 e. The molecule has 0 spiro atoms. The molecular weight excluding hydrogens is 304 g/mol. The molecule has 0 fully saturated rings. The number of carbonyl (C=O) groups excluding carboxylic acids is 2. The fourth-order valence-electron chi connectivity index (χ4n) is 1.99. The van der Waals surface area contributed by atoms with Gasteiger partial charge in [0.25, 0.3) is 0 Å². The quantitative estimate of drug-likeness (QED) is 0.798. The van der Waals surface area contributed by atoms with Crippen molar-refractivity contribution in [2.24, 2.45) is 0 Å². The average Bonchev–Trinajstić information content (AvgIpc) is 2.62. The lowest BCUT2D eigenvalue weighted by Gasteiger charge is -2.05. The summed E-state index contributed by atoms with van der Waals surface area (Å²) in [5.41, 5.74) is 1.24. The molecule has 24 heavy (non-hydrogen) atoms. The zero-order valence-electron chi connectivity index (χ0n) is 14.1. The van der Waals surface area contributed by atoms with Crippen molar-refractivity contribution in [3.8, 4) is 0 Å². The van der Waals surface area contributed by atoms with Gasteiger partial charge in [-0.15, -0.1) is 0 Å². The first-order valence-corrected chi connectivity index (χ1v) is 7.99. The topological polar surface area (TPSA) is 74.6 Å². The summed E-state index contributed by atoms with van der Waals surface area (Å²) >= 11 is 0. The first kappa shape index (κ1) is 19.7. The highest BCUT2D eigenvalue weighted by atomic mass is 16.3. The first-order valence-electron chi connectivity index (χ1n) is 7.99. The summed E-state index contributed by atoms with van der Waals surface area (Å²) in [4.78, 5) is 22.6. The van der Waals surface area contributed by atoms with E-state index in [4.69, 9.17) is 5.11 Å². The highest BCUT2D eigenvalue weighted by molar-refractivity contribution is 5.99. The zero-order valence-corrected chi connectivity index (χ0v) is 14.1. The summed E-state index contributed by atoms with van der Waals surface area (Å²) < 4.78 is 0. The summed E-state index contributed by atoms with van der Waals surface area (Å²) in [6.07, 6.45) is -0.748. The third-order valence-electron chi connectivity index (χ3n) is 3.32. The third-order valence-corrected chi connectivity index (χ3v) is 3.32. The lowest BCUT2D eigenvalue weighted by atomic mass is 10.1. The van der Waals surface area contributed by atoms with E-state index >= 15 is 0 Å². The minimum absolute atomic E-state index is 0.00870. The van der Waals surface area contributed by atoms with Crippen LogP contribution >= 0.6 is 0 Å². The van der Waals surface area contributed by atoms with Crippen LogP contribution in [0.15, 0.2) is 60.7 Å². The van der Waals surface area contributed by atoms with E-state index in [-0.39, 0.29) is 18.0 Å². The van der Waals surface area contributed by atoms with Gasteiger partial charge < -0.3 is 10.2 Å². The van der Waals surface area contributed by atoms with E-state index in [0.717, 1.165) is 0 Å². The summed E-state index contributed by atoms with van der Waals surface area (Å²) in [6.45, 7) is 3.40. The lowest BCUT2D eigenvalue weighted by Crippen LogP contribution is -2.18. The number of carbonyl (C=O) groups is 2. The van der Waals surface area contributed by atoms with Gasteiger partial charge in [-0.1, -0.05) is 67.6 Å². The van der Waals surface area contributed by atoms with Crippen LogP contribution in [0.3, 0.4) is 0 Å². The molecular formula is C20H24O4. The van der Waals surface area contributed by atoms with E-state index in [0.29, 0.717) is 17.5 Å². The molecule has 0 aliphatic carbocycles. The summed E-state index contributed by atoms with van der Waals surface area (Å²) in [7, 11) is 0. The number of Topliss-reactive ketones (excluding diaryl/α,β-unsaturated/α-hetero) is 2. The normalized spacial score (nSPS) is 12.5. The van der Waals surface area contributed by atoms with Gasteiger partial charge in [-0.25, -0.2) is 0 Å². The van der Waals surface area contributed by atoms with Crippen LogP contribution in [0.2, 0.25) is 0 Å². The van der Waals surface area contributed by atoms with Crippen molar-refractivity contribution in [2.45, 2.75) is 38.9 Å². The Balaban J connectivity index is 0.000000240. The molecule has 0 heterocycles. The maximum absolute atomic E-state index is 11.3. The Kier molecular flexibility index (Phi) is 8.61. The van der Waals surface area contributed by atoms with Gasteiger partial charge >= 0.3 is 0 Å². The molecule has 2 aromatic rings. The molecule has 2 rings (SSSR count). The van der Waals surface area contributed by atoms with E-state index in [1.54, 1.807) is 50.2 Å². The fraction of sp³-hybridized carbons (Fsp3) is 0.300. The molecule has 0 saturated carbocycles. The van der Waals surface area contributed by atoms with E-state index in [9.17, 15) is 14.7 Å². The molecule has 4 heteroatoms. The Morgan fingerprint density at radius 3 is 1.75 bits per heavy atom. The van der Waals surface area contributed by atoms with Gasteiger partial charge in [0.05, 0.1) is 6.10 Å². The number of hydrogen-bond donors (Lipinski definition) is 2. The van der Waals surface area contributed by atoms with Crippen molar-refractivity contribution in [2.75, 3.05) is 0 Å². The van der Waals surface area contributed by atoms with Crippen molar-refractivity contribution in [1.29, 1.82) is 0 Å². The van der Waals surface area contributed by atoms with Crippen molar-refractivity contribution >= 4 is 11.6 Å². The van der Waals surface area contributed by atoms with Crippen LogP contribution in [0.25, 0.3) is 0 Å². The zero-order chi connectivity index (χ0) is 17.9. The Morgan fingerprint density at radius 2 is 1.33 bits per heavy atom. The molecule has 128 valence electrons. The molecule has 0 saturated heterocycles. The monoisotopic (exact) mass is 328 g/mol. The highest BCUT2D eigenvalue weighted by Gasteiger charge is 2.13. The number of hydrogen-bond acceptors (Lipinski definition) is 4. The van der Waals surface area contributed by atoms with Crippen molar-refractivity contribution in [3.05, 3.63) is 71.8 Å². The summed E-state index contributed by atoms with van der Waals surface area (Å²) in [5, 5.41) is 18.2. The van der Waals surface area contributed by atoms with Crippen molar-refractivity contribution in [3.63, 3.8) is 0 Å². The maximum Gasteiger partial charge on any atom is 0.191 e. The molecule has 0 aliphatic rings. The molecule has 4 nitrogen and oxygen atoms in total. The number of aliphatic hydroxyl groups is 2. The van der Waals surface area contributed by atoms with Crippen LogP contribution in [-0.4, -0.2) is 34.0 Å². The van der Waals surface area contributed by atoms with Gasteiger partial charge in [0.2, 0.25) is 0 Å². The van der Waals surface area contributed by atoms with E-state index in [2.05, 4.69) is 0 Å². The first-order chi connectivity index (χ1) is 11.5.